The number of rotatable bonds is 4. The highest BCUT2D eigenvalue weighted by molar-refractivity contribution is 7.00. The first kappa shape index (κ1) is 57.2. The van der Waals surface area contributed by atoms with Gasteiger partial charge in [-0.1, -0.05) is 177 Å². The third-order valence-electron chi connectivity index (χ3n) is 25.8. The second kappa shape index (κ2) is 18.4. The highest BCUT2D eigenvalue weighted by atomic mass is 15.3. The Bertz CT molecular complexity index is 4270. The maximum atomic E-state index is 2.95. The highest BCUT2D eigenvalue weighted by Crippen LogP contribution is 2.67. The Morgan fingerprint density at radius 3 is 1.60 bits per heavy atom. The predicted octanol–water partition coefficient (Wildman–Crippen LogP) is 20.9. The minimum atomic E-state index is -0.248. The molecule has 0 amide bonds. The largest absolute Gasteiger partial charge is 0.334 e. The van der Waals surface area contributed by atoms with Gasteiger partial charge in [0.15, 0.2) is 0 Å². The molecule has 0 N–H and O–H groups in total. The summed E-state index contributed by atoms with van der Waals surface area (Å²) in [6.07, 6.45) is 10.5. The van der Waals surface area contributed by atoms with E-state index in [4.69, 9.17) is 0 Å². The van der Waals surface area contributed by atoms with Crippen LogP contribution in [0.5, 0.6) is 0 Å². The molecular weight excluding hydrogens is 1080 g/mol. The summed E-state index contributed by atoms with van der Waals surface area (Å²) < 4.78 is 0. The van der Waals surface area contributed by atoms with Crippen molar-refractivity contribution < 1.29 is 0 Å². The van der Waals surface area contributed by atoms with Crippen molar-refractivity contribution in [3.05, 3.63) is 202 Å². The molecule has 0 radical (unpaired) electrons. The molecule has 8 aliphatic rings. The van der Waals surface area contributed by atoms with Crippen LogP contribution in [0, 0.1) is 12.8 Å². The Morgan fingerprint density at radius 2 is 0.966 bits per heavy atom. The van der Waals surface area contributed by atoms with Gasteiger partial charge in [0.2, 0.25) is 0 Å². The topological polar surface area (TPSA) is 13.0 Å². The lowest BCUT2D eigenvalue weighted by molar-refractivity contribution is 0.0840. The van der Waals surface area contributed by atoms with Crippen LogP contribution in [-0.2, 0) is 43.3 Å². The summed E-state index contributed by atoms with van der Waals surface area (Å²) in [5.74, 6) is 0.474. The molecule has 8 aromatic carbocycles. The van der Waals surface area contributed by atoms with Gasteiger partial charge in [0.25, 0.3) is 6.71 Å². The van der Waals surface area contributed by atoms with E-state index in [1.54, 1.807) is 11.1 Å². The summed E-state index contributed by atoms with van der Waals surface area (Å²) in [6.45, 7) is 42.9. The smallest absolute Gasteiger partial charge is 0.252 e. The van der Waals surface area contributed by atoms with E-state index in [1.807, 2.05) is 0 Å². The quantitative estimate of drug-likeness (QED) is 0.163. The van der Waals surface area contributed by atoms with Crippen molar-refractivity contribution in [3.8, 4) is 0 Å². The zero-order chi connectivity index (χ0) is 62.3. The lowest BCUT2D eigenvalue weighted by Gasteiger charge is -2.58. The van der Waals surface area contributed by atoms with Gasteiger partial charge in [0, 0.05) is 68.0 Å². The Kier molecular flexibility index (Phi) is 11.8. The second-order valence-corrected chi connectivity index (χ2v) is 34.3. The molecule has 4 atom stereocenters. The molecule has 4 aliphatic heterocycles. The molecule has 0 saturated heterocycles. The SMILES string of the molecule is Cc1cc2c3cc1N1c4cc(N(c5ccccc5)c5ccccc5)ccc4B4c5cc6c(cc5N(c5ccc7c(c5)C(C)(C)CCC7(C)C)c5cc(cc1c54)N1c4ccc(C(C)(C)C)cc4C4(C)CCC(CC14C)C3(C)CCC2(C)C)C(C)(C)CCC6(C)C. The van der Waals surface area contributed by atoms with Crippen molar-refractivity contribution in [1.82, 2.24) is 0 Å². The molecule has 4 unspecified atom stereocenters. The summed E-state index contributed by atoms with van der Waals surface area (Å²) >= 11 is 0. The van der Waals surface area contributed by atoms with Gasteiger partial charge in [-0.3, -0.25) is 0 Å². The van der Waals surface area contributed by atoms with E-state index in [-0.39, 0.29) is 55.6 Å². The van der Waals surface area contributed by atoms with Gasteiger partial charge in [0.05, 0.1) is 5.54 Å². The van der Waals surface area contributed by atoms with E-state index >= 15 is 0 Å². The minimum Gasteiger partial charge on any atom is -0.334 e. The van der Waals surface area contributed by atoms with Crippen LogP contribution in [0.1, 0.15) is 219 Å². The minimum absolute atomic E-state index is 0.00223. The molecule has 6 bridgehead atoms. The number of nitrogens with zero attached hydrogens (tertiary/aromatic N) is 4. The molecule has 4 aliphatic carbocycles. The third kappa shape index (κ3) is 7.90. The van der Waals surface area contributed by atoms with Gasteiger partial charge in [0.1, 0.15) is 0 Å². The molecule has 1 fully saturated rings. The summed E-state index contributed by atoms with van der Waals surface area (Å²) in [6, 6.07) is 61.6. The van der Waals surface area contributed by atoms with Gasteiger partial charge in [-0.2, -0.15) is 0 Å². The standard InChI is InChI=1S/C84H95BN4/c1-52-42-61-65-50-70(52)88-71-45-58(86(55-24-20-18-21-25-55)56-26-22-19-23-27-56)30-32-67(71)85-68-48-63-64(80(11,12)39-38-79(63,9)10)49-72(68)87(57-29-31-60-62(44-57)78(7,8)37-36-77(60,5)6)73-46-59(47-74(88)75(73)85)89-69-33-28-53(76(2,3)4)43-66(69)83(16)35-34-54(51-84(83,89)17)82(65,15)41-40-81(61,13)14/h18-33,42-50,54H,34-41,51H2,1-17H3. The number of para-hydroxylation sites is 2. The van der Waals surface area contributed by atoms with Crippen molar-refractivity contribution >= 4 is 85.7 Å². The predicted molar refractivity (Wildman–Crippen MR) is 380 cm³/mol. The zero-order valence-corrected chi connectivity index (χ0v) is 56.7. The first-order valence-electron chi connectivity index (χ1n) is 34.2. The second-order valence-electron chi connectivity index (χ2n) is 34.3. The molecular formula is C84H95BN4. The van der Waals surface area contributed by atoms with Crippen molar-refractivity contribution in [2.75, 3.05) is 19.6 Å². The van der Waals surface area contributed by atoms with Crippen LogP contribution in [0.2, 0.25) is 0 Å². The normalized spacial score (nSPS) is 25.3. The van der Waals surface area contributed by atoms with E-state index in [1.165, 1.54) is 127 Å². The van der Waals surface area contributed by atoms with E-state index < -0.39 is 0 Å². The van der Waals surface area contributed by atoms with Crippen LogP contribution in [0.4, 0.5) is 62.6 Å². The monoisotopic (exact) mass is 1170 g/mol. The number of fused-ring (bicyclic) bond motifs is 16. The average Bonchev–Trinajstić information content (AvgIpc) is 1.66. The van der Waals surface area contributed by atoms with Crippen molar-refractivity contribution in [3.63, 3.8) is 0 Å². The number of hydrogen-bond donors (Lipinski definition) is 0. The summed E-state index contributed by atoms with van der Waals surface area (Å²) in [4.78, 5) is 11.1. The molecule has 89 heavy (non-hydrogen) atoms. The first-order chi connectivity index (χ1) is 42.0. The van der Waals surface area contributed by atoms with Crippen molar-refractivity contribution in [2.24, 2.45) is 5.92 Å². The van der Waals surface area contributed by atoms with E-state index in [0.717, 1.165) is 49.2 Å². The van der Waals surface area contributed by atoms with Crippen LogP contribution >= 0.6 is 0 Å². The summed E-state index contributed by atoms with van der Waals surface area (Å²) in [7, 11) is 0. The number of anilines is 11. The lowest BCUT2D eigenvalue weighted by atomic mass is 9.33. The summed E-state index contributed by atoms with van der Waals surface area (Å²) in [5.41, 5.74) is 31.3. The van der Waals surface area contributed by atoms with Crippen LogP contribution in [0.15, 0.2) is 152 Å². The highest BCUT2D eigenvalue weighted by Gasteiger charge is 2.63. The molecule has 454 valence electrons. The lowest BCUT2D eigenvalue weighted by Crippen LogP contribution is -2.62. The van der Waals surface area contributed by atoms with Gasteiger partial charge < -0.3 is 19.6 Å². The molecule has 4 nitrogen and oxygen atoms in total. The fourth-order valence-corrected chi connectivity index (χ4v) is 19.6. The zero-order valence-electron chi connectivity index (χ0n) is 56.7. The molecule has 5 heteroatoms. The van der Waals surface area contributed by atoms with Crippen molar-refractivity contribution in [2.45, 2.75) is 224 Å². The van der Waals surface area contributed by atoms with E-state index in [0.29, 0.717) is 5.92 Å². The molecule has 8 aromatic rings. The van der Waals surface area contributed by atoms with Crippen molar-refractivity contribution in [1.29, 1.82) is 0 Å². The Labute approximate surface area is 534 Å². The van der Waals surface area contributed by atoms with Gasteiger partial charge in [-0.25, -0.2) is 0 Å². The van der Waals surface area contributed by atoms with Gasteiger partial charge in [-0.05, 0) is 261 Å². The molecule has 4 heterocycles. The molecule has 16 rings (SSSR count). The number of benzene rings is 8. The molecule has 1 saturated carbocycles. The van der Waals surface area contributed by atoms with Crippen LogP contribution in [-0.4, -0.2) is 12.3 Å². The maximum Gasteiger partial charge on any atom is 0.252 e. The summed E-state index contributed by atoms with van der Waals surface area (Å²) in [5, 5.41) is 0. The maximum absolute atomic E-state index is 2.95. The number of aryl methyl sites for hydroxylation is 1. The third-order valence-corrected chi connectivity index (χ3v) is 25.8. The number of hydrogen-bond acceptors (Lipinski definition) is 4. The fraction of sp³-hybridized carbons (Fsp3) is 0.429. The average molecular weight is 1170 g/mol. The Morgan fingerprint density at radius 1 is 0.416 bits per heavy atom. The van der Waals surface area contributed by atoms with Gasteiger partial charge >= 0.3 is 0 Å². The Balaban J connectivity index is 1.08. The van der Waals surface area contributed by atoms with Crippen LogP contribution in [0.3, 0.4) is 0 Å². The molecule has 0 spiro atoms. The fourth-order valence-electron chi connectivity index (χ4n) is 19.6. The van der Waals surface area contributed by atoms with E-state index in [9.17, 15) is 0 Å². The first-order valence-corrected chi connectivity index (χ1v) is 34.2. The molecule has 0 aromatic heterocycles. The van der Waals surface area contributed by atoms with Gasteiger partial charge in [-0.15, -0.1) is 0 Å². The van der Waals surface area contributed by atoms with Crippen LogP contribution < -0.4 is 36.0 Å². The van der Waals surface area contributed by atoms with E-state index in [2.05, 4.69) is 289 Å². The Hall–Kier alpha value is -6.98. The van der Waals surface area contributed by atoms with Crippen LogP contribution in [0.25, 0.3) is 0 Å².